The Bertz CT molecular complexity index is 532. The van der Waals surface area contributed by atoms with Gasteiger partial charge in [-0.3, -0.25) is 0 Å². The molecule has 0 fully saturated rings. The molecule has 74 valence electrons. The molecule has 3 nitrogen and oxygen atoms in total. The molecule has 0 unspecified atom stereocenters. The van der Waals surface area contributed by atoms with Crippen molar-refractivity contribution in [3.05, 3.63) is 36.4 Å². The third-order valence-corrected chi connectivity index (χ3v) is 2.45. The number of hydrogen-bond donors (Lipinski definition) is 2. The molecule has 2 aromatic rings. The first-order valence-corrected chi connectivity index (χ1v) is 4.59. The SMILES string of the molecule is Oc1c(-c2ccccc2)cc2c(c1O)O2. The van der Waals surface area contributed by atoms with Gasteiger partial charge in [0.15, 0.2) is 11.5 Å². The molecule has 3 rings (SSSR count). The van der Waals surface area contributed by atoms with E-state index in [1.165, 1.54) is 0 Å². The zero-order valence-electron chi connectivity index (χ0n) is 7.77. The molecule has 1 aliphatic rings. The third-order valence-electron chi connectivity index (χ3n) is 2.45. The summed E-state index contributed by atoms with van der Waals surface area (Å²) in [4.78, 5) is 0. The molecular formula is C12H8O3. The van der Waals surface area contributed by atoms with Crippen molar-refractivity contribution in [3.8, 4) is 34.1 Å². The van der Waals surface area contributed by atoms with Crippen LogP contribution in [0.5, 0.6) is 23.0 Å². The zero-order valence-corrected chi connectivity index (χ0v) is 7.77. The molecule has 2 aromatic carbocycles. The fourth-order valence-electron chi connectivity index (χ4n) is 1.62. The van der Waals surface area contributed by atoms with Crippen LogP contribution in [0.2, 0.25) is 0 Å². The van der Waals surface area contributed by atoms with Gasteiger partial charge in [0.25, 0.3) is 0 Å². The first-order chi connectivity index (χ1) is 7.27. The van der Waals surface area contributed by atoms with E-state index in [4.69, 9.17) is 4.74 Å². The summed E-state index contributed by atoms with van der Waals surface area (Å²) in [5.74, 6) is 0.708. The Morgan fingerprint density at radius 1 is 0.933 bits per heavy atom. The van der Waals surface area contributed by atoms with Crippen molar-refractivity contribution in [1.29, 1.82) is 0 Å². The van der Waals surface area contributed by atoms with E-state index in [0.29, 0.717) is 17.1 Å². The maximum absolute atomic E-state index is 9.74. The third kappa shape index (κ3) is 1.13. The Labute approximate surface area is 86.2 Å². The van der Waals surface area contributed by atoms with Crippen molar-refractivity contribution in [2.75, 3.05) is 0 Å². The van der Waals surface area contributed by atoms with Gasteiger partial charge in [-0.1, -0.05) is 30.3 Å². The molecular weight excluding hydrogens is 192 g/mol. The predicted octanol–water partition coefficient (Wildman–Crippen LogP) is 2.87. The summed E-state index contributed by atoms with van der Waals surface area (Å²) in [6.45, 7) is 0. The Kier molecular flexibility index (Phi) is 1.45. The number of phenolic OH excluding ortho intramolecular Hbond substituents is 2. The van der Waals surface area contributed by atoms with Crippen LogP contribution in [-0.4, -0.2) is 10.2 Å². The summed E-state index contributed by atoms with van der Waals surface area (Å²) >= 11 is 0. The minimum absolute atomic E-state index is 0.127. The predicted molar refractivity (Wildman–Crippen MR) is 55.3 cm³/mol. The molecule has 2 N–H and O–H groups in total. The molecule has 0 atom stereocenters. The summed E-state index contributed by atoms with van der Waals surface area (Å²) in [6, 6.07) is 11.1. The molecule has 0 amide bonds. The van der Waals surface area contributed by atoms with Gasteiger partial charge in [-0.2, -0.15) is 0 Å². The van der Waals surface area contributed by atoms with Gasteiger partial charge in [0.1, 0.15) is 0 Å². The number of phenols is 2. The Balaban J connectivity index is 2.23. The van der Waals surface area contributed by atoms with E-state index in [9.17, 15) is 10.2 Å². The standard InChI is InChI=1S/C12H8O3/c13-10-8(7-4-2-1-3-5-7)6-9-12(15-9)11(10)14/h1-6,13-14H. The number of fused-ring (bicyclic) bond motifs is 1. The number of benzene rings is 2. The average molecular weight is 200 g/mol. The summed E-state index contributed by atoms with van der Waals surface area (Å²) < 4.78 is 5.00. The second-order valence-corrected chi connectivity index (χ2v) is 3.42. The summed E-state index contributed by atoms with van der Waals surface area (Å²) in [5.41, 5.74) is 1.44. The first kappa shape index (κ1) is 8.17. The Hall–Kier alpha value is -2.16. The van der Waals surface area contributed by atoms with Gasteiger partial charge < -0.3 is 14.9 Å². The maximum Gasteiger partial charge on any atom is 0.215 e. The Morgan fingerprint density at radius 3 is 2.40 bits per heavy atom. The highest BCUT2D eigenvalue weighted by Gasteiger charge is 2.30. The van der Waals surface area contributed by atoms with E-state index in [0.717, 1.165) is 5.56 Å². The van der Waals surface area contributed by atoms with E-state index in [2.05, 4.69) is 0 Å². The summed E-state index contributed by atoms with van der Waals surface area (Å²) in [7, 11) is 0. The second kappa shape index (κ2) is 2.67. The highest BCUT2D eigenvalue weighted by Crippen LogP contribution is 2.59. The lowest BCUT2D eigenvalue weighted by Gasteiger charge is -2.02. The van der Waals surface area contributed by atoms with Gasteiger partial charge in [0.2, 0.25) is 11.5 Å². The minimum atomic E-state index is -0.175. The van der Waals surface area contributed by atoms with Crippen LogP contribution in [0.3, 0.4) is 0 Å². The van der Waals surface area contributed by atoms with Gasteiger partial charge in [0.05, 0.1) is 0 Å². The van der Waals surface area contributed by atoms with Gasteiger partial charge in [-0.05, 0) is 11.6 Å². The highest BCUT2D eigenvalue weighted by molar-refractivity contribution is 5.82. The maximum atomic E-state index is 9.74. The van der Waals surface area contributed by atoms with Crippen LogP contribution in [0, 0.1) is 0 Å². The van der Waals surface area contributed by atoms with Crippen LogP contribution in [0.25, 0.3) is 11.1 Å². The molecule has 0 saturated carbocycles. The van der Waals surface area contributed by atoms with Crippen LogP contribution in [0.4, 0.5) is 0 Å². The molecule has 0 saturated heterocycles. The normalized spacial score (nSPS) is 11.7. The van der Waals surface area contributed by atoms with Crippen molar-refractivity contribution >= 4 is 0 Å². The quantitative estimate of drug-likeness (QED) is 0.469. The Morgan fingerprint density at radius 2 is 1.67 bits per heavy atom. The van der Waals surface area contributed by atoms with Crippen molar-refractivity contribution in [2.24, 2.45) is 0 Å². The number of aromatic hydroxyl groups is 2. The van der Waals surface area contributed by atoms with E-state index < -0.39 is 0 Å². The van der Waals surface area contributed by atoms with Crippen molar-refractivity contribution in [3.63, 3.8) is 0 Å². The van der Waals surface area contributed by atoms with Crippen LogP contribution < -0.4 is 4.74 Å². The summed E-state index contributed by atoms with van der Waals surface area (Å²) in [5, 5.41) is 19.3. The molecule has 3 heteroatoms. The second-order valence-electron chi connectivity index (χ2n) is 3.42. The van der Waals surface area contributed by atoms with E-state index >= 15 is 0 Å². The van der Waals surface area contributed by atoms with Crippen LogP contribution in [0.1, 0.15) is 0 Å². The first-order valence-electron chi connectivity index (χ1n) is 4.59. The highest BCUT2D eigenvalue weighted by atomic mass is 16.6. The fourth-order valence-corrected chi connectivity index (χ4v) is 1.62. The van der Waals surface area contributed by atoms with E-state index in [1.807, 2.05) is 30.3 Å². The monoisotopic (exact) mass is 200 g/mol. The molecule has 0 aromatic heterocycles. The van der Waals surface area contributed by atoms with Crippen LogP contribution >= 0.6 is 0 Å². The lowest BCUT2D eigenvalue weighted by atomic mass is 10.0. The zero-order chi connectivity index (χ0) is 10.4. The molecule has 15 heavy (non-hydrogen) atoms. The van der Waals surface area contributed by atoms with Gasteiger partial charge in [0, 0.05) is 5.56 Å². The number of ether oxygens (including phenoxy) is 1. The summed E-state index contributed by atoms with van der Waals surface area (Å²) in [6.07, 6.45) is 0. The number of hydrogen-bond acceptors (Lipinski definition) is 3. The van der Waals surface area contributed by atoms with Crippen molar-refractivity contribution < 1.29 is 14.9 Å². The topological polar surface area (TPSA) is 53.0 Å². The van der Waals surface area contributed by atoms with E-state index in [-0.39, 0.29) is 11.5 Å². The molecule has 1 heterocycles. The lowest BCUT2D eigenvalue weighted by molar-refractivity contribution is 0.401. The largest absolute Gasteiger partial charge is 0.504 e. The molecule has 0 radical (unpaired) electrons. The molecule has 0 spiro atoms. The molecule has 1 aliphatic heterocycles. The minimum Gasteiger partial charge on any atom is -0.504 e. The van der Waals surface area contributed by atoms with Crippen LogP contribution in [0.15, 0.2) is 36.4 Å². The van der Waals surface area contributed by atoms with E-state index in [1.54, 1.807) is 6.07 Å². The van der Waals surface area contributed by atoms with Gasteiger partial charge >= 0.3 is 0 Å². The van der Waals surface area contributed by atoms with Crippen LogP contribution in [-0.2, 0) is 0 Å². The smallest absolute Gasteiger partial charge is 0.215 e. The molecule has 0 bridgehead atoms. The molecule has 0 aliphatic carbocycles. The van der Waals surface area contributed by atoms with Crippen molar-refractivity contribution in [1.82, 2.24) is 0 Å². The van der Waals surface area contributed by atoms with Gasteiger partial charge in [-0.25, -0.2) is 0 Å². The van der Waals surface area contributed by atoms with Crippen molar-refractivity contribution in [2.45, 2.75) is 0 Å². The average Bonchev–Trinajstić information content (AvgIpc) is 3.04. The fraction of sp³-hybridized carbons (Fsp3) is 0. The van der Waals surface area contributed by atoms with Gasteiger partial charge in [-0.15, -0.1) is 0 Å². The number of rotatable bonds is 1. The lowest BCUT2D eigenvalue weighted by Crippen LogP contribution is -1.76.